The minimum atomic E-state index is -0.357. The molecule has 7 heteroatoms. The van der Waals surface area contributed by atoms with E-state index in [0.29, 0.717) is 6.54 Å². The van der Waals surface area contributed by atoms with Gasteiger partial charge in [-0.15, -0.1) is 12.4 Å². The molecule has 4 N–H and O–H groups in total. The molecule has 0 radical (unpaired) electrons. The second-order valence-electron chi connectivity index (χ2n) is 4.53. The van der Waals surface area contributed by atoms with Crippen LogP contribution in [-0.4, -0.2) is 37.6 Å². The zero-order valence-electron chi connectivity index (χ0n) is 12.2. The first kappa shape index (κ1) is 19.2. The third-order valence-corrected chi connectivity index (χ3v) is 2.55. The van der Waals surface area contributed by atoms with E-state index in [0.717, 1.165) is 11.3 Å². The molecule has 2 amide bonds. The van der Waals surface area contributed by atoms with Gasteiger partial charge in [-0.05, 0) is 31.5 Å². The number of hydrogen-bond acceptors (Lipinski definition) is 4. The van der Waals surface area contributed by atoms with Gasteiger partial charge in [0.1, 0.15) is 11.9 Å². The molecule has 1 aromatic carbocycles. The summed E-state index contributed by atoms with van der Waals surface area (Å²) in [5.41, 5.74) is 6.23. The van der Waals surface area contributed by atoms with Crippen molar-refractivity contribution in [3.05, 3.63) is 29.8 Å². The number of nitrogens with two attached hydrogens (primary N) is 1. The maximum Gasteiger partial charge on any atom is 0.239 e. The Hall–Kier alpha value is -1.79. The molecule has 0 spiro atoms. The van der Waals surface area contributed by atoms with Crippen molar-refractivity contribution in [3.8, 4) is 5.75 Å². The summed E-state index contributed by atoms with van der Waals surface area (Å²) in [4.78, 5) is 22.3. The molecule has 0 bridgehead atoms. The topological polar surface area (TPSA) is 93.5 Å². The van der Waals surface area contributed by atoms with Crippen molar-refractivity contribution in [2.45, 2.75) is 20.0 Å². The van der Waals surface area contributed by atoms with Gasteiger partial charge in [0.15, 0.2) is 0 Å². The van der Waals surface area contributed by atoms with Gasteiger partial charge < -0.3 is 21.1 Å². The van der Waals surface area contributed by atoms with Crippen LogP contribution in [0.25, 0.3) is 0 Å². The number of benzene rings is 1. The number of nitrogens with one attached hydrogen (secondary N) is 2. The quantitative estimate of drug-likeness (QED) is 0.678. The molecule has 0 aromatic heterocycles. The fourth-order valence-corrected chi connectivity index (χ4v) is 1.53. The molecule has 21 heavy (non-hydrogen) atoms. The molecule has 118 valence electrons. The highest BCUT2D eigenvalue weighted by molar-refractivity contribution is 5.85. The molecule has 6 nitrogen and oxygen atoms in total. The van der Waals surface area contributed by atoms with Crippen LogP contribution in [0.1, 0.15) is 12.5 Å². The Morgan fingerprint density at radius 2 is 2.00 bits per heavy atom. The molecular formula is C14H22ClN3O3. The lowest BCUT2D eigenvalue weighted by Gasteiger charge is -2.16. The van der Waals surface area contributed by atoms with E-state index < -0.39 is 0 Å². The number of carbonyl (C=O) groups excluding carboxylic acids is 2. The van der Waals surface area contributed by atoms with Crippen molar-refractivity contribution < 1.29 is 14.3 Å². The van der Waals surface area contributed by atoms with Crippen LogP contribution in [0.2, 0.25) is 0 Å². The highest BCUT2D eigenvalue weighted by Gasteiger charge is 2.08. The minimum Gasteiger partial charge on any atom is -0.489 e. The van der Waals surface area contributed by atoms with Crippen LogP contribution in [-0.2, 0) is 9.59 Å². The summed E-state index contributed by atoms with van der Waals surface area (Å²) in [6.45, 7) is 4.01. The van der Waals surface area contributed by atoms with Gasteiger partial charge in [-0.1, -0.05) is 12.1 Å². The molecule has 1 rings (SSSR count). The smallest absolute Gasteiger partial charge is 0.239 e. The van der Waals surface area contributed by atoms with Crippen LogP contribution in [0.15, 0.2) is 24.3 Å². The van der Waals surface area contributed by atoms with Crippen LogP contribution < -0.4 is 21.1 Å². The molecule has 1 aromatic rings. The monoisotopic (exact) mass is 315 g/mol. The van der Waals surface area contributed by atoms with Crippen LogP contribution in [0.5, 0.6) is 5.75 Å². The molecule has 1 unspecified atom stereocenters. The standard InChI is InChI=1S/C14H21N3O3.ClH/c1-10-4-3-5-12(6-10)20-11(2)8-16-14(19)9-17-13(18)7-15;/h3-6,11H,7-9,15H2,1-2H3,(H,16,19)(H,17,18);1H. The molecular weight excluding hydrogens is 294 g/mol. The van der Waals surface area contributed by atoms with Crippen molar-refractivity contribution in [1.82, 2.24) is 10.6 Å². The number of halogens is 1. The van der Waals surface area contributed by atoms with Crippen molar-refractivity contribution >= 4 is 24.2 Å². The van der Waals surface area contributed by atoms with Crippen molar-refractivity contribution in [3.63, 3.8) is 0 Å². The van der Waals surface area contributed by atoms with Gasteiger partial charge in [0.05, 0.1) is 19.6 Å². The van der Waals surface area contributed by atoms with Gasteiger partial charge in [0.2, 0.25) is 11.8 Å². The van der Waals surface area contributed by atoms with Gasteiger partial charge in [0, 0.05) is 0 Å². The van der Waals surface area contributed by atoms with E-state index in [9.17, 15) is 9.59 Å². The van der Waals surface area contributed by atoms with Gasteiger partial charge >= 0.3 is 0 Å². The van der Waals surface area contributed by atoms with Gasteiger partial charge in [-0.2, -0.15) is 0 Å². The summed E-state index contributed by atoms with van der Waals surface area (Å²) in [7, 11) is 0. The van der Waals surface area contributed by atoms with Gasteiger partial charge in [-0.3, -0.25) is 9.59 Å². The molecule has 0 fully saturated rings. The maximum atomic E-state index is 11.5. The lowest BCUT2D eigenvalue weighted by Crippen LogP contribution is -2.42. The number of rotatable bonds is 7. The number of hydrogen-bond donors (Lipinski definition) is 3. The first-order valence-corrected chi connectivity index (χ1v) is 6.48. The third kappa shape index (κ3) is 8.16. The van der Waals surface area contributed by atoms with Crippen LogP contribution in [0, 0.1) is 6.92 Å². The Morgan fingerprint density at radius 1 is 1.29 bits per heavy atom. The summed E-state index contributed by atoms with van der Waals surface area (Å²) in [5.74, 6) is 0.138. The SMILES string of the molecule is Cc1cccc(OC(C)CNC(=O)CNC(=O)CN)c1.Cl. The first-order valence-electron chi connectivity index (χ1n) is 6.48. The first-order chi connectivity index (χ1) is 9.51. The number of carbonyl (C=O) groups is 2. The highest BCUT2D eigenvalue weighted by atomic mass is 35.5. The van der Waals surface area contributed by atoms with Crippen LogP contribution >= 0.6 is 12.4 Å². The normalized spacial score (nSPS) is 11.0. The number of ether oxygens (including phenoxy) is 1. The lowest BCUT2D eigenvalue weighted by molar-refractivity contribution is -0.125. The Bertz CT molecular complexity index is 469. The summed E-state index contributed by atoms with van der Waals surface area (Å²) in [6.07, 6.45) is -0.161. The highest BCUT2D eigenvalue weighted by Crippen LogP contribution is 2.13. The van der Waals surface area contributed by atoms with E-state index in [2.05, 4.69) is 10.6 Å². The second-order valence-corrected chi connectivity index (χ2v) is 4.53. The summed E-state index contributed by atoms with van der Waals surface area (Å²) >= 11 is 0. The predicted molar refractivity (Wildman–Crippen MR) is 83.6 cm³/mol. The Balaban J connectivity index is 0.00000400. The largest absolute Gasteiger partial charge is 0.489 e. The summed E-state index contributed by atoms with van der Waals surface area (Å²) in [5, 5.41) is 5.07. The Morgan fingerprint density at radius 3 is 2.62 bits per heavy atom. The maximum absolute atomic E-state index is 11.5. The second kappa shape index (κ2) is 10.0. The zero-order chi connectivity index (χ0) is 15.0. The lowest BCUT2D eigenvalue weighted by atomic mass is 10.2. The minimum absolute atomic E-state index is 0. The molecule has 0 aliphatic rings. The molecule has 0 heterocycles. The number of amides is 2. The van der Waals surface area contributed by atoms with Crippen molar-refractivity contribution in [2.24, 2.45) is 5.73 Å². The van der Waals surface area contributed by atoms with Crippen molar-refractivity contribution in [1.29, 1.82) is 0 Å². The van der Waals surface area contributed by atoms with Crippen molar-refractivity contribution in [2.75, 3.05) is 19.6 Å². The molecule has 0 saturated carbocycles. The average molecular weight is 316 g/mol. The predicted octanol–water partition coefficient (Wildman–Crippen LogP) is 0.375. The zero-order valence-corrected chi connectivity index (χ0v) is 13.0. The fraction of sp³-hybridized carbons (Fsp3) is 0.429. The molecule has 0 saturated heterocycles. The van der Waals surface area contributed by atoms with E-state index in [1.165, 1.54) is 0 Å². The number of aryl methyl sites for hydroxylation is 1. The molecule has 0 aliphatic heterocycles. The molecule has 0 aliphatic carbocycles. The van der Waals surface area contributed by atoms with Crippen LogP contribution in [0.3, 0.4) is 0 Å². The Kier molecular flexibility index (Phi) is 9.16. The molecule has 1 atom stereocenters. The van der Waals surface area contributed by atoms with E-state index in [-0.39, 0.29) is 43.4 Å². The van der Waals surface area contributed by atoms with E-state index in [1.807, 2.05) is 38.1 Å². The summed E-state index contributed by atoms with van der Waals surface area (Å²) < 4.78 is 5.67. The van der Waals surface area contributed by atoms with Crippen LogP contribution in [0.4, 0.5) is 0 Å². The van der Waals surface area contributed by atoms with E-state index in [4.69, 9.17) is 10.5 Å². The van der Waals surface area contributed by atoms with Gasteiger partial charge in [-0.25, -0.2) is 0 Å². The Labute approximate surface area is 130 Å². The third-order valence-electron chi connectivity index (χ3n) is 2.55. The van der Waals surface area contributed by atoms with E-state index in [1.54, 1.807) is 0 Å². The fourth-order valence-electron chi connectivity index (χ4n) is 1.53. The van der Waals surface area contributed by atoms with E-state index >= 15 is 0 Å². The average Bonchev–Trinajstić information content (AvgIpc) is 2.42. The summed E-state index contributed by atoms with van der Waals surface area (Å²) in [6, 6.07) is 7.70. The van der Waals surface area contributed by atoms with Gasteiger partial charge in [0.25, 0.3) is 0 Å².